The Kier molecular flexibility index (Phi) is 0.997. The van der Waals surface area contributed by atoms with Crippen LogP contribution in [0.1, 0.15) is 10.5 Å². The fraction of sp³-hybridized carbons (Fsp3) is 0. The first kappa shape index (κ1) is 4.83. The fourth-order valence-corrected chi connectivity index (χ4v) is 0.313. The van der Waals surface area contributed by atoms with Gasteiger partial charge in [-0.25, -0.2) is 14.9 Å². The molecule has 0 atom stereocenters. The molecule has 0 aromatic carbocycles. The van der Waals surface area contributed by atoms with Crippen LogP contribution in [0.4, 0.5) is 0 Å². The van der Waals surface area contributed by atoms with E-state index in [0.717, 1.165) is 12.7 Å². The van der Waals surface area contributed by atoms with E-state index >= 15 is 0 Å². The molecule has 1 radical (unpaired) electrons. The van der Waals surface area contributed by atoms with Crippen molar-refractivity contribution >= 4 is 5.97 Å². The predicted octanol–water partition coefficient (Wildman–Crippen LogP) is 0.245. The zero-order valence-corrected chi connectivity index (χ0v) is 3.83. The Morgan fingerprint density at radius 2 is 2.50 bits per heavy atom. The number of carbonyl (C=O) groups excluding carboxylic acids is 1. The van der Waals surface area contributed by atoms with Gasteiger partial charge in [0.05, 0.1) is 0 Å². The molecule has 1 rings (SSSR count). The molecular weight excluding hydrogens is 110 g/mol. The van der Waals surface area contributed by atoms with Gasteiger partial charge in [0.1, 0.15) is 6.26 Å². The highest BCUT2D eigenvalue weighted by atomic mass is 16.4. The Balaban J connectivity index is 2.93. The van der Waals surface area contributed by atoms with Crippen LogP contribution in [0, 0.1) is 0 Å². The second kappa shape index (κ2) is 1.65. The van der Waals surface area contributed by atoms with Gasteiger partial charge in [0.25, 0.3) is 0 Å². The first-order valence-corrected chi connectivity index (χ1v) is 1.90. The molecular formula is C4H2NO3. The van der Waals surface area contributed by atoms with E-state index in [1.807, 2.05) is 0 Å². The quantitative estimate of drug-likeness (QED) is 0.522. The molecule has 0 aliphatic heterocycles. The summed E-state index contributed by atoms with van der Waals surface area (Å²) in [6.07, 6.45) is 2.04. The van der Waals surface area contributed by atoms with Crippen LogP contribution < -0.4 is 0 Å². The number of oxazole rings is 1. The van der Waals surface area contributed by atoms with Crippen LogP contribution in [0.2, 0.25) is 0 Å². The van der Waals surface area contributed by atoms with E-state index < -0.39 is 5.97 Å². The van der Waals surface area contributed by atoms with Crippen molar-refractivity contribution in [1.82, 2.24) is 4.98 Å². The minimum absolute atomic E-state index is 0.176. The van der Waals surface area contributed by atoms with Crippen LogP contribution in [-0.2, 0) is 5.11 Å². The number of hydrogen-bond donors (Lipinski definition) is 0. The van der Waals surface area contributed by atoms with Gasteiger partial charge in [-0.3, -0.25) is 0 Å². The molecule has 41 valence electrons. The molecule has 4 nitrogen and oxygen atoms in total. The minimum atomic E-state index is -1.32. The number of nitrogens with zero attached hydrogens (tertiary/aromatic N) is 1. The molecule has 4 heteroatoms. The first-order valence-electron chi connectivity index (χ1n) is 1.90. The van der Waals surface area contributed by atoms with Gasteiger partial charge in [-0.15, -0.1) is 0 Å². The number of aromatic nitrogens is 1. The van der Waals surface area contributed by atoms with Crippen LogP contribution in [0.5, 0.6) is 0 Å². The average Bonchev–Trinajstić information content (AvgIpc) is 2.12. The van der Waals surface area contributed by atoms with Crippen LogP contribution >= 0.6 is 0 Å². The van der Waals surface area contributed by atoms with Gasteiger partial charge >= 0.3 is 5.97 Å². The Morgan fingerprint density at radius 3 is 2.75 bits per heavy atom. The molecule has 0 spiro atoms. The monoisotopic (exact) mass is 112 g/mol. The molecule has 0 saturated heterocycles. The Labute approximate surface area is 44.8 Å². The van der Waals surface area contributed by atoms with Crippen molar-refractivity contribution in [3.8, 4) is 0 Å². The van der Waals surface area contributed by atoms with Crippen molar-refractivity contribution in [2.75, 3.05) is 0 Å². The third kappa shape index (κ3) is 0.676. The summed E-state index contributed by atoms with van der Waals surface area (Å²) in [4.78, 5) is 13.1. The Morgan fingerprint density at radius 1 is 1.75 bits per heavy atom. The SMILES string of the molecule is [O]C(=O)c1cocn1. The van der Waals surface area contributed by atoms with E-state index in [2.05, 4.69) is 9.40 Å². The van der Waals surface area contributed by atoms with Gasteiger partial charge < -0.3 is 4.42 Å². The molecule has 1 aromatic rings. The largest absolute Gasteiger partial charge is 0.451 e. The van der Waals surface area contributed by atoms with Crippen LogP contribution in [0.3, 0.4) is 0 Å². The standard InChI is InChI=1S/C4H2NO3/c6-4(7)3-1-8-2-5-3/h1-2H. The molecule has 0 amide bonds. The summed E-state index contributed by atoms with van der Waals surface area (Å²) in [6, 6.07) is 0. The zero-order valence-electron chi connectivity index (χ0n) is 3.83. The molecule has 1 aromatic heterocycles. The third-order valence-electron chi connectivity index (χ3n) is 0.641. The lowest BCUT2D eigenvalue weighted by molar-refractivity contribution is 0.0566. The van der Waals surface area contributed by atoms with Gasteiger partial charge in [-0.05, 0) is 0 Å². The van der Waals surface area contributed by atoms with Gasteiger partial charge in [-0.1, -0.05) is 0 Å². The summed E-state index contributed by atoms with van der Waals surface area (Å²) in [5, 5.41) is 9.83. The van der Waals surface area contributed by atoms with E-state index in [-0.39, 0.29) is 5.69 Å². The topological polar surface area (TPSA) is 63.0 Å². The lowest BCUT2D eigenvalue weighted by Crippen LogP contribution is -1.92. The number of carbonyl (C=O) groups is 1. The third-order valence-corrected chi connectivity index (χ3v) is 0.641. The second-order valence-electron chi connectivity index (χ2n) is 1.16. The van der Waals surface area contributed by atoms with Gasteiger partial charge in [0, 0.05) is 0 Å². The van der Waals surface area contributed by atoms with Crippen molar-refractivity contribution in [1.29, 1.82) is 0 Å². The highest BCUT2D eigenvalue weighted by Crippen LogP contribution is 1.91. The van der Waals surface area contributed by atoms with Crippen molar-refractivity contribution < 1.29 is 14.3 Å². The van der Waals surface area contributed by atoms with E-state index in [0.29, 0.717) is 0 Å². The molecule has 0 saturated carbocycles. The Hall–Kier alpha value is -1.32. The molecule has 0 aliphatic rings. The van der Waals surface area contributed by atoms with Crippen molar-refractivity contribution in [2.24, 2.45) is 0 Å². The smallest absolute Gasteiger partial charge is 0.407 e. The normalized spacial score (nSPS) is 9.00. The second-order valence-corrected chi connectivity index (χ2v) is 1.16. The average molecular weight is 112 g/mol. The van der Waals surface area contributed by atoms with Crippen LogP contribution in [0.15, 0.2) is 17.1 Å². The number of hydrogen-bond acceptors (Lipinski definition) is 3. The molecule has 0 unspecified atom stereocenters. The summed E-state index contributed by atoms with van der Waals surface area (Å²) < 4.78 is 4.34. The fourth-order valence-electron chi connectivity index (χ4n) is 0.313. The van der Waals surface area contributed by atoms with Crippen molar-refractivity contribution in [3.05, 3.63) is 18.4 Å². The highest BCUT2D eigenvalue weighted by Gasteiger charge is 2.05. The van der Waals surface area contributed by atoms with Gasteiger partial charge in [0.15, 0.2) is 12.1 Å². The lowest BCUT2D eigenvalue weighted by atomic mass is 10.5. The van der Waals surface area contributed by atoms with Crippen LogP contribution in [-0.4, -0.2) is 11.0 Å². The highest BCUT2D eigenvalue weighted by molar-refractivity contribution is 5.84. The summed E-state index contributed by atoms with van der Waals surface area (Å²) in [6.45, 7) is 0. The molecule has 0 aliphatic carbocycles. The lowest BCUT2D eigenvalue weighted by Gasteiger charge is -1.70. The first-order chi connectivity index (χ1) is 3.80. The van der Waals surface area contributed by atoms with Crippen LogP contribution in [0.25, 0.3) is 0 Å². The summed E-state index contributed by atoms with van der Waals surface area (Å²) in [5.74, 6) is -1.32. The van der Waals surface area contributed by atoms with E-state index in [1.165, 1.54) is 0 Å². The summed E-state index contributed by atoms with van der Waals surface area (Å²) >= 11 is 0. The Bertz CT molecular complexity index is 179. The van der Waals surface area contributed by atoms with Crippen molar-refractivity contribution in [3.63, 3.8) is 0 Å². The summed E-state index contributed by atoms with van der Waals surface area (Å²) in [7, 11) is 0. The molecule has 0 fully saturated rings. The molecule has 0 bridgehead atoms. The van der Waals surface area contributed by atoms with Crippen molar-refractivity contribution in [2.45, 2.75) is 0 Å². The molecule has 1 heterocycles. The molecule has 8 heavy (non-hydrogen) atoms. The maximum Gasteiger partial charge on any atom is 0.407 e. The number of rotatable bonds is 1. The zero-order chi connectivity index (χ0) is 5.98. The maximum atomic E-state index is 9.83. The van der Waals surface area contributed by atoms with Gasteiger partial charge in [0.2, 0.25) is 0 Å². The molecule has 0 N–H and O–H groups in total. The summed E-state index contributed by atoms with van der Waals surface area (Å²) in [5.41, 5.74) is -0.176. The van der Waals surface area contributed by atoms with E-state index in [4.69, 9.17) is 0 Å². The maximum absolute atomic E-state index is 9.83. The van der Waals surface area contributed by atoms with E-state index in [1.54, 1.807) is 0 Å². The van der Waals surface area contributed by atoms with E-state index in [9.17, 15) is 9.90 Å². The predicted molar refractivity (Wildman–Crippen MR) is 21.5 cm³/mol. The van der Waals surface area contributed by atoms with Gasteiger partial charge in [-0.2, -0.15) is 0 Å². The minimum Gasteiger partial charge on any atom is -0.451 e.